The van der Waals surface area contributed by atoms with Gasteiger partial charge in [-0.2, -0.15) is 0 Å². The SMILES string of the molecule is C=C1CCC(COC(=O)c2ccc(C(=O)O)cc2)CC1. The summed E-state index contributed by atoms with van der Waals surface area (Å²) < 4.78 is 5.29. The number of hydrogen-bond acceptors (Lipinski definition) is 3. The first-order valence-corrected chi connectivity index (χ1v) is 6.73. The Balaban J connectivity index is 1.85. The smallest absolute Gasteiger partial charge is 0.338 e. The highest BCUT2D eigenvalue weighted by atomic mass is 16.5. The van der Waals surface area contributed by atoms with Crippen LogP contribution < -0.4 is 0 Å². The van der Waals surface area contributed by atoms with Gasteiger partial charge >= 0.3 is 11.9 Å². The number of carboxylic acid groups (broad SMARTS) is 1. The molecule has 4 nitrogen and oxygen atoms in total. The van der Waals surface area contributed by atoms with Gasteiger partial charge in [0.25, 0.3) is 0 Å². The molecule has 1 N–H and O–H groups in total. The van der Waals surface area contributed by atoms with E-state index in [0.29, 0.717) is 18.1 Å². The van der Waals surface area contributed by atoms with Crippen molar-refractivity contribution in [1.82, 2.24) is 0 Å². The van der Waals surface area contributed by atoms with E-state index in [4.69, 9.17) is 9.84 Å². The molecular weight excluding hydrogens is 256 g/mol. The molecule has 1 aliphatic carbocycles. The number of carbonyl (C=O) groups is 2. The van der Waals surface area contributed by atoms with Crippen LogP contribution in [-0.2, 0) is 4.74 Å². The van der Waals surface area contributed by atoms with Crippen LogP contribution in [0.25, 0.3) is 0 Å². The maximum atomic E-state index is 11.8. The molecule has 0 amide bonds. The third kappa shape index (κ3) is 3.70. The minimum Gasteiger partial charge on any atom is -0.478 e. The summed E-state index contributed by atoms with van der Waals surface area (Å²) in [6, 6.07) is 5.77. The zero-order chi connectivity index (χ0) is 14.5. The van der Waals surface area contributed by atoms with E-state index < -0.39 is 11.9 Å². The van der Waals surface area contributed by atoms with E-state index >= 15 is 0 Å². The van der Waals surface area contributed by atoms with Crippen LogP contribution in [0.15, 0.2) is 36.4 Å². The molecule has 0 unspecified atom stereocenters. The highest BCUT2D eigenvalue weighted by Crippen LogP contribution is 2.27. The fraction of sp³-hybridized carbons (Fsp3) is 0.375. The summed E-state index contributed by atoms with van der Waals surface area (Å²) in [5, 5.41) is 8.79. The van der Waals surface area contributed by atoms with E-state index in [1.807, 2.05) is 0 Å². The van der Waals surface area contributed by atoms with Crippen molar-refractivity contribution < 1.29 is 19.4 Å². The molecule has 0 atom stereocenters. The zero-order valence-corrected chi connectivity index (χ0v) is 11.3. The lowest BCUT2D eigenvalue weighted by molar-refractivity contribution is 0.0418. The average Bonchev–Trinajstić information content (AvgIpc) is 2.46. The van der Waals surface area contributed by atoms with E-state index in [0.717, 1.165) is 25.7 Å². The van der Waals surface area contributed by atoms with Crippen LogP contribution in [-0.4, -0.2) is 23.7 Å². The van der Waals surface area contributed by atoms with Crippen molar-refractivity contribution in [1.29, 1.82) is 0 Å². The number of allylic oxidation sites excluding steroid dienone is 1. The predicted octanol–water partition coefficient (Wildman–Crippen LogP) is 3.29. The molecule has 4 heteroatoms. The molecule has 2 rings (SSSR count). The molecule has 1 fully saturated rings. The van der Waals surface area contributed by atoms with Gasteiger partial charge < -0.3 is 9.84 Å². The van der Waals surface area contributed by atoms with Crippen molar-refractivity contribution >= 4 is 11.9 Å². The van der Waals surface area contributed by atoms with Gasteiger partial charge in [0, 0.05) is 0 Å². The van der Waals surface area contributed by atoms with E-state index in [9.17, 15) is 9.59 Å². The van der Waals surface area contributed by atoms with Crippen LogP contribution in [0.5, 0.6) is 0 Å². The highest BCUT2D eigenvalue weighted by Gasteiger charge is 2.18. The van der Waals surface area contributed by atoms with Crippen molar-refractivity contribution in [2.75, 3.05) is 6.61 Å². The molecule has 0 saturated heterocycles. The molecule has 0 radical (unpaired) electrons. The maximum Gasteiger partial charge on any atom is 0.338 e. The molecule has 0 aliphatic heterocycles. The van der Waals surface area contributed by atoms with Gasteiger partial charge in [0.15, 0.2) is 0 Å². The number of hydrogen-bond donors (Lipinski definition) is 1. The summed E-state index contributed by atoms with van der Waals surface area (Å²) in [5.74, 6) is -0.999. The van der Waals surface area contributed by atoms with Crippen LogP contribution in [0.3, 0.4) is 0 Å². The van der Waals surface area contributed by atoms with Crippen LogP contribution in [0.2, 0.25) is 0 Å². The van der Waals surface area contributed by atoms with Gasteiger partial charge in [-0.25, -0.2) is 9.59 Å². The Morgan fingerprint density at radius 2 is 1.70 bits per heavy atom. The lowest BCUT2D eigenvalue weighted by atomic mass is 9.87. The van der Waals surface area contributed by atoms with E-state index in [-0.39, 0.29) is 5.56 Å². The Morgan fingerprint density at radius 1 is 1.15 bits per heavy atom. The third-order valence-electron chi connectivity index (χ3n) is 3.63. The quantitative estimate of drug-likeness (QED) is 0.676. The summed E-state index contributed by atoms with van der Waals surface area (Å²) in [5.41, 5.74) is 1.82. The normalized spacial score (nSPS) is 15.9. The van der Waals surface area contributed by atoms with E-state index in [1.165, 1.54) is 29.8 Å². The average molecular weight is 274 g/mol. The molecule has 1 aliphatic rings. The lowest BCUT2D eigenvalue weighted by Gasteiger charge is -2.22. The third-order valence-corrected chi connectivity index (χ3v) is 3.63. The molecule has 20 heavy (non-hydrogen) atoms. The first-order valence-electron chi connectivity index (χ1n) is 6.73. The fourth-order valence-corrected chi connectivity index (χ4v) is 2.28. The Kier molecular flexibility index (Phi) is 4.56. The minimum atomic E-state index is -1.01. The molecule has 1 aromatic rings. The largest absolute Gasteiger partial charge is 0.478 e. The van der Waals surface area contributed by atoms with Crippen molar-refractivity contribution in [3.05, 3.63) is 47.5 Å². The zero-order valence-electron chi connectivity index (χ0n) is 11.3. The lowest BCUT2D eigenvalue weighted by Crippen LogP contribution is -2.17. The molecular formula is C16H18O4. The molecule has 0 bridgehead atoms. The van der Waals surface area contributed by atoms with Crippen LogP contribution in [0, 0.1) is 5.92 Å². The van der Waals surface area contributed by atoms with Crippen LogP contribution in [0.1, 0.15) is 46.4 Å². The number of aromatic carboxylic acids is 1. The van der Waals surface area contributed by atoms with Crippen LogP contribution in [0.4, 0.5) is 0 Å². The van der Waals surface area contributed by atoms with Gasteiger partial charge in [-0.3, -0.25) is 0 Å². The highest BCUT2D eigenvalue weighted by molar-refractivity contribution is 5.92. The summed E-state index contributed by atoms with van der Waals surface area (Å²) in [6.07, 6.45) is 4.05. The molecule has 0 heterocycles. The fourth-order valence-electron chi connectivity index (χ4n) is 2.28. The number of esters is 1. The van der Waals surface area contributed by atoms with E-state index in [1.54, 1.807) is 0 Å². The summed E-state index contributed by atoms with van der Waals surface area (Å²) in [6.45, 7) is 4.38. The number of carbonyl (C=O) groups excluding carboxylic acids is 1. The maximum absolute atomic E-state index is 11.8. The number of carboxylic acids is 1. The van der Waals surface area contributed by atoms with Crippen LogP contribution >= 0.6 is 0 Å². The predicted molar refractivity (Wildman–Crippen MR) is 74.8 cm³/mol. The van der Waals surface area contributed by atoms with Crippen molar-refractivity contribution in [2.45, 2.75) is 25.7 Å². The second kappa shape index (κ2) is 6.37. The summed E-state index contributed by atoms with van der Waals surface area (Å²) in [4.78, 5) is 22.6. The first kappa shape index (κ1) is 14.3. The minimum absolute atomic E-state index is 0.160. The van der Waals surface area contributed by atoms with Gasteiger partial charge in [-0.05, 0) is 55.9 Å². The molecule has 1 saturated carbocycles. The summed E-state index contributed by atoms with van der Waals surface area (Å²) in [7, 11) is 0. The number of benzene rings is 1. The van der Waals surface area contributed by atoms with Gasteiger partial charge in [-0.15, -0.1) is 0 Å². The number of ether oxygens (including phenoxy) is 1. The molecule has 0 spiro atoms. The second-order valence-corrected chi connectivity index (χ2v) is 5.17. The van der Waals surface area contributed by atoms with Crippen molar-refractivity contribution in [3.63, 3.8) is 0 Å². The molecule has 0 aromatic heterocycles. The van der Waals surface area contributed by atoms with E-state index in [2.05, 4.69) is 6.58 Å². The van der Waals surface area contributed by atoms with Gasteiger partial charge in [-0.1, -0.05) is 12.2 Å². The summed E-state index contributed by atoms with van der Waals surface area (Å²) >= 11 is 0. The Labute approximate surface area is 118 Å². The van der Waals surface area contributed by atoms with Gasteiger partial charge in [0.05, 0.1) is 17.7 Å². The molecule has 1 aromatic carbocycles. The standard InChI is InChI=1S/C16H18O4/c1-11-2-4-12(5-3-11)10-20-16(19)14-8-6-13(7-9-14)15(17)18/h6-9,12H,1-5,10H2,(H,17,18). The van der Waals surface area contributed by atoms with Gasteiger partial charge in [0.1, 0.15) is 0 Å². The van der Waals surface area contributed by atoms with Crippen molar-refractivity contribution in [2.24, 2.45) is 5.92 Å². The monoisotopic (exact) mass is 274 g/mol. The molecule has 106 valence electrons. The first-order chi connectivity index (χ1) is 9.56. The Hall–Kier alpha value is -2.10. The Morgan fingerprint density at radius 3 is 2.25 bits per heavy atom. The van der Waals surface area contributed by atoms with Gasteiger partial charge in [0.2, 0.25) is 0 Å². The topological polar surface area (TPSA) is 63.6 Å². The second-order valence-electron chi connectivity index (χ2n) is 5.17. The number of rotatable bonds is 4. The Bertz CT molecular complexity index is 506. The van der Waals surface area contributed by atoms with Crippen molar-refractivity contribution in [3.8, 4) is 0 Å².